The van der Waals surface area contributed by atoms with Gasteiger partial charge in [-0.2, -0.15) is 0 Å². The van der Waals surface area contributed by atoms with E-state index in [0.29, 0.717) is 34.7 Å². The largest absolute Gasteiger partial charge is 0.494 e. The number of ether oxygens (including phenoxy) is 2. The summed E-state index contributed by atoms with van der Waals surface area (Å²) in [7, 11) is 1.54. The molecule has 3 heterocycles. The fourth-order valence-electron chi connectivity index (χ4n) is 4.08. The van der Waals surface area contributed by atoms with E-state index in [1.807, 2.05) is 0 Å². The number of hydrogen-bond acceptors (Lipinski definition) is 7. The summed E-state index contributed by atoms with van der Waals surface area (Å²) in [6.45, 7) is 1.39. The van der Waals surface area contributed by atoms with E-state index in [1.165, 1.54) is 19.5 Å². The summed E-state index contributed by atoms with van der Waals surface area (Å²) in [4.78, 5) is 22.9. The summed E-state index contributed by atoms with van der Waals surface area (Å²) >= 11 is 5.90. The molecule has 0 aliphatic carbocycles. The van der Waals surface area contributed by atoms with Crippen molar-refractivity contribution in [3.05, 3.63) is 47.5 Å². The van der Waals surface area contributed by atoms with Gasteiger partial charge in [0, 0.05) is 18.0 Å². The number of rotatable bonds is 4. The third-order valence-corrected chi connectivity index (χ3v) is 5.86. The molecule has 2 fully saturated rings. The monoisotopic (exact) mass is 443 g/mol. The Bertz CT molecular complexity index is 1180. The van der Waals surface area contributed by atoms with Crippen LogP contribution in [-0.2, 0) is 4.74 Å². The van der Waals surface area contributed by atoms with Crippen LogP contribution in [0.1, 0.15) is 6.42 Å². The SMILES string of the molecule is COc1cc2ncnc(Nc3cccc(Cl)c3F)c2cc1N1C(=O)OC2CNCCC21. The molecule has 0 radical (unpaired) electrons. The summed E-state index contributed by atoms with van der Waals surface area (Å²) in [5.74, 6) is 0.289. The number of carbonyl (C=O) groups excluding carboxylic acids is 1. The summed E-state index contributed by atoms with van der Waals surface area (Å²) in [6.07, 6.45) is 1.47. The van der Waals surface area contributed by atoms with Crippen molar-refractivity contribution in [2.45, 2.75) is 18.6 Å². The number of carbonyl (C=O) groups is 1. The molecule has 2 aromatic carbocycles. The molecular weight excluding hydrogens is 425 g/mol. The highest BCUT2D eigenvalue weighted by atomic mass is 35.5. The molecule has 0 bridgehead atoms. The molecule has 10 heteroatoms. The van der Waals surface area contributed by atoms with E-state index in [-0.39, 0.29) is 22.9 Å². The Morgan fingerprint density at radius 1 is 1.35 bits per heavy atom. The van der Waals surface area contributed by atoms with Crippen LogP contribution in [0.15, 0.2) is 36.7 Å². The van der Waals surface area contributed by atoms with Crippen LogP contribution in [0.3, 0.4) is 0 Å². The van der Waals surface area contributed by atoms with Crippen molar-refractivity contribution >= 4 is 45.8 Å². The summed E-state index contributed by atoms with van der Waals surface area (Å²) in [6, 6.07) is 8.07. The minimum Gasteiger partial charge on any atom is -0.494 e. The van der Waals surface area contributed by atoms with Gasteiger partial charge >= 0.3 is 6.09 Å². The second kappa shape index (κ2) is 7.82. The molecule has 8 nitrogen and oxygen atoms in total. The smallest absolute Gasteiger partial charge is 0.415 e. The van der Waals surface area contributed by atoms with Crippen LogP contribution in [0, 0.1) is 5.82 Å². The fourth-order valence-corrected chi connectivity index (χ4v) is 4.26. The van der Waals surface area contributed by atoms with Gasteiger partial charge in [-0.25, -0.2) is 19.2 Å². The Kier molecular flexibility index (Phi) is 4.99. The minimum atomic E-state index is -0.578. The first kappa shape index (κ1) is 19.8. The number of nitrogens with one attached hydrogen (secondary N) is 2. The number of hydrogen-bond donors (Lipinski definition) is 2. The molecule has 3 aromatic rings. The molecule has 0 saturated carbocycles. The maximum atomic E-state index is 14.4. The van der Waals surface area contributed by atoms with E-state index in [0.717, 1.165) is 13.0 Å². The van der Waals surface area contributed by atoms with E-state index < -0.39 is 11.9 Å². The topological polar surface area (TPSA) is 88.6 Å². The molecule has 2 aliphatic rings. The lowest BCUT2D eigenvalue weighted by Crippen LogP contribution is -2.47. The van der Waals surface area contributed by atoms with Crippen LogP contribution in [0.4, 0.5) is 26.4 Å². The predicted octanol–water partition coefficient (Wildman–Crippen LogP) is 3.86. The van der Waals surface area contributed by atoms with Crippen molar-refractivity contribution < 1.29 is 18.7 Å². The lowest BCUT2D eigenvalue weighted by molar-refractivity contribution is 0.121. The zero-order chi connectivity index (χ0) is 21.5. The molecule has 2 atom stereocenters. The Balaban J connectivity index is 1.62. The predicted molar refractivity (Wildman–Crippen MR) is 115 cm³/mol. The Morgan fingerprint density at radius 2 is 2.23 bits per heavy atom. The number of methoxy groups -OCH3 is 1. The van der Waals surface area contributed by atoms with E-state index >= 15 is 0 Å². The summed E-state index contributed by atoms with van der Waals surface area (Å²) in [5.41, 5.74) is 1.32. The van der Waals surface area contributed by atoms with Gasteiger partial charge in [-0.3, -0.25) is 4.90 Å². The highest BCUT2D eigenvalue weighted by Gasteiger charge is 2.44. The second-order valence-corrected chi connectivity index (χ2v) is 7.75. The Morgan fingerprint density at radius 3 is 3.06 bits per heavy atom. The second-order valence-electron chi connectivity index (χ2n) is 7.34. The Labute approximate surface area is 182 Å². The lowest BCUT2D eigenvalue weighted by atomic mass is 10.0. The third-order valence-electron chi connectivity index (χ3n) is 5.57. The van der Waals surface area contributed by atoms with Crippen LogP contribution in [-0.4, -0.2) is 48.4 Å². The van der Waals surface area contributed by atoms with Crippen molar-refractivity contribution in [3.8, 4) is 5.75 Å². The average molecular weight is 444 g/mol. The standard InChI is InChI=1S/C21H19ClFN5O3/c1-30-17-8-14-11(7-16(17)28-15-5-6-24-9-18(15)31-21(28)29)20(26-10-25-14)27-13-4-2-3-12(22)19(13)23/h2-4,7-8,10,15,18,24H,5-6,9H2,1H3,(H,25,26,27). The van der Waals surface area contributed by atoms with Gasteiger partial charge in [-0.1, -0.05) is 17.7 Å². The van der Waals surface area contributed by atoms with Gasteiger partial charge < -0.3 is 20.1 Å². The highest BCUT2D eigenvalue weighted by Crippen LogP contribution is 2.40. The first-order chi connectivity index (χ1) is 15.1. The summed E-state index contributed by atoms with van der Waals surface area (Å²) < 4.78 is 25.6. The van der Waals surface area contributed by atoms with Crippen LogP contribution >= 0.6 is 11.6 Å². The van der Waals surface area contributed by atoms with Gasteiger partial charge in [-0.15, -0.1) is 0 Å². The van der Waals surface area contributed by atoms with E-state index in [9.17, 15) is 9.18 Å². The number of halogens is 2. The maximum Gasteiger partial charge on any atom is 0.415 e. The lowest BCUT2D eigenvalue weighted by Gasteiger charge is -2.29. The first-order valence-corrected chi connectivity index (χ1v) is 10.2. The fraction of sp³-hybridized carbons (Fsp3) is 0.286. The molecule has 31 heavy (non-hydrogen) atoms. The van der Waals surface area contributed by atoms with E-state index in [2.05, 4.69) is 20.6 Å². The zero-order valence-electron chi connectivity index (χ0n) is 16.6. The number of nitrogens with zero attached hydrogens (tertiary/aromatic N) is 3. The number of anilines is 3. The first-order valence-electron chi connectivity index (χ1n) is 9.81. The van der Waals surface area contributed by atoms with E-state index in [1.54, 1.807) is 29.2 Å². The van der Waals surface area contributed by atoms with Gasteiger partial charge in [-0.05, 0) is 31.2 Å². The van der Waals surface area contributed by atoms with Crippen LogP contribution < -0.4 is 20.3 Å². The van der Waals surface area contributed by atoms with Gasteiger partial charge in [0.2, 0.25) is 0 Å². The number of benzene rings is 2. The van der Waals surface area contributed by atoms with Gasteiger partial charge in [0.25, 0.3) is 0 Å². The van der Waals surface area contributed by atoms with Crippen LogP contribution in [0.2, 0.25) is 5.02 Å². The minimum absolute atomic E-state index is 0.00230. The Hall–Kier alpha value is -3.17. The molecule has 1 aromatic heterocycles. The average Bonchev–Trinajstić information content (AvgIpc) is 3.11. The molecule has 5 rings (SSSR count). The normalized spacial score (nSPS) is 20.5. The van der Waals surface area contributed by atoms with Crippen molar-refractivity contribution in [1.29, 1.82) is 0 Å². The number of amides is 1. The van der Waals surface area contributed by atoms with Crippen molar-refractivity contribution in [2.75, 3.05) is 30.4 Å². The molecule has 2 saturated heterocycles. The van der Waals surface area contributed by atoms with Crippen molar-refractivity contribution in [1.82, 2.24) is 15.3 Å². The molecule has 2 N–H and O–H groups in total. The molecule has 160 valence electrons. The van der Waals surface area contributed by atoms with Gasteiger partial charge in [0.15, 0.2) is 5.82 Å². The molecule has 0 spiro atoms. The quantitative estimate of drug-likeness (QED) is 0.632. The van der Waals surface area contributed by atoms with Crippen LogP contribution in [0.25, 0.3) is 10.9 Å². The highest BCUT2D eigenvalue weighted by molar-refractivity contribution is 6.31. The molecule has 2 aliphatic heterocycles. The summed E-state index contributed by atoms with van der Waals surface area (Å²) in [5, 5.41) is 6.83. The number of fused-ring (bicyclic) bond motifs is 2. The zero-order valence-corrected chi connectivity index (χ0v) is 17.3. The maximum absolute atomic E-state index is 14.4. The van der Waals surface area contributed by atoms with E-state index in [4.69, 9.17) is 21.1 Å². The van der Waals surface area contributed by atoms with Crippen molar-refractivity contribution in [2.24, 2.45) is 0 Å². The van der Waals surface area contributed by atoms with Crippen LogP contribution in [0.5, 0.6) is 5.75 Å². The number of piperidine rings is 1. The molecular formula is C21H19ClFN5O3. The van der Waals surface area contributed by atoms with Gasteiger partial charge in [0.1, 0.15) is 24.0 Å². The molecule has 1 amide bonds. The number of aromatic nitrogens is 2. The van der Waals surface area contributed by atoms with Gasteiger partial charge in [0.05, 0.1) is 35.1 Å². The molecule has 2 unspecified atom stereocenters. The van der Waals surface area contributed by atoms with Crippen molar-refractivity contribution in [3.63, 3.8) is 0 Å². The third kappa shape index (κ3) is 3.39.